The van der Waals surface area contributed by atoms with Crippen molar-refractivity contribution in [2.24, 2.45) is 0 Å². The van der Waals surface area contributed by atoms with Crippen LogP contribution in [0.25, 0.3) is 12.2 Å². The van der Waals surface area contributed by atoms with Gasteiger partial charge in [-0.1, -0.05) is 12.2 Å². The summed E-state index contributed by atoms with van der Waals surface area (Å²) in [4.78, 5) is 20.3. The van der Waals surface area contributed by atoms with Crippen molar-refractivity contribution >= 4 is 55.4 Å². The lowest BCUT2D eigenvalue weighted by Gasteiger charge is -2.02. The van der Waals surface area contributed by atoms with Crippen LogP contribution in [0.1, 0.15) is 11.1 Å². The van der Waals surface area contributed by atoms with Gasteiger partial charge in [0, 0.05) is 12.1 Å². The highest BCUT2D eigenvalue weighted by Gasteiger charge is 2.15. The normalized spacial score (nSPS) is 10.9. The molecule has 7 nitrogen and oxygen atoms in total. The Morgan fingerprint density at radius 3 is 1.61 bits per heavy atom. The van der Waals surface area contributed by atoms with E-state index in [1.54, 1.807) is 18.2 Å². The van der Waals surface area contributed by atoms with E-state index < -0.39 is 9.85 Å². The van der Waals surface area contributed by atoms with E-state index in [9.17, 15) is 25.3 Å². The molecule has 0 aliphatic rings. The number of halogens is 2. The van der Waals surface area contributed by atoms with Gasteiger partial charge in [0.15, 0.2) is 0 Å². The lowest BCUT2D eigenvalue weighted by atomic mass is 10.1. The smallest absolute Gasteiger partial charge is 0.276 e. The molecule has 9 heteroatoms. The van der Waals surface area contributed by atoms with E-state index in [4.69, 9.17) is 0 Å². The van der Waals surface area contributed by atoms with Crippen LogP contribution < -0.4 is 0 Å². The van der Waals surface area contributed by atoms with E-state index >= 15 is 0 Å². The van der Waals surface area contributed by atoms with Gasteiger partial charge in [-0.05, 0) is 55.1 Å². The Morgan fingerprint density at radius 1 is 0.826 bits per heavy atom. The van der Waals surface area contributed by atoms with Crippen LogP contribution in [0.5, 0.6) is 5.75 Å². The number of phenols is 1. The lowest BCUT2D eigenvalue weighted by molar-refractivity contribution is -0.394. The van der Waals surface area contributed by atoms with Crippen molar-refractivity contribution < 1.29 is 15.0 Å². The number of hydrogen-bond acceptors (Lipinski definition) is 5. The molecule has 2 aromatic carbocycles. The molecule has 0 aliphatic carbocycles. The van der Waals surface area contributed by atoms with Gasteiger partial charge in [0.05, 0.1) is 24.9 Å². The van der Waals surface area contributed by atoms with E-state index in [0.29, 0.717) is 20.1 Å². The highest BCUT2D eigenvalue weighted by molar-refractivity contribution is 9.11. The summed E-state index contributed by atoms with van der Waals surface area (Å²) in [6.45, 7) is 0. The van der Waals surface area contributed by atoms with E-state index in [2.05, 4.69) is 31.9 Å². The van der Waals surface area contributed by atoms with Crippen LogP contribution in [0, 0.1) is 20.2 Å². The third kappa shape index (κ3) is 4.14. The quantitative estimate of drug-likeness (QED) is 0.410. The Kier molecular flexibility index (Phi) is 5.12. The highest BCUT2D eigenvalue weighted by Crippen LogP contribution is 2.34. The fourth-order valence-electron chi connectivity index (χ4n) is 1.80. The Bertz CT molecular complexity index is 781. The van der Waals surface area contributed by atoms with Gasteiger partial charge in [-0.2, -0.15) is 0 Å². The molecule has 23 heavy (non-hydrogen) atoms. The molecule has 0 aliphatic heterocycles. The van der Waals surface area contributed by atoms with Crippen LogP contribution in [-0.4, -0.2) is 15.0 Å². The van der Waals surface area contributed by atoms with Crippen LogP contribution in [-0.2, 0) is 0 Å². The van der Waals surface area contributed by atoms with Gasteiger partial charge in [0.2, 0.25) is 0 Å². The van der Waals surface area contributed by atoms with Crippen molar-refractivity contribution in [1.82, 2.24) is 0 Å². The van der Waals surface area contributed by atoms with Crippen molar-refractivity contribution in [3.8, 4) is 5.75 Å². The Hall–Kier alpha value is -2.26. The maximum Gasteiger partial charge on any atom is 0.276 e. The summed E-state index contributed by atoms with van der Waals surface area (Å²) in [5.74, 6) is 0.0492. The van der Waals surface area contributed by atoms with Crippen molar-refractivity contribution in [2.45, 2.75) is 0 Å². The molecule has 2 rings (SSSR count). The van der Waals surface area contributed by atoms with E-state index in [1.807, 2.05) is 0 Å². The van der Waals surface area contributed by atoms with Crippen LogP contribution in [0.3, 0.4) is 0 Å². The lowest BCUT2D eigenvalue weighted by Crippen LogP contribution is -1.93. The van der Waals surface area contributed by atoms with Gasteiger partial charge in [-0.3, -0.25) is 20.2 Å². The molecule has 0 spiro atoms. The number of benzene rings is 2. The number of non-ortho nitro benzene ring substituents is 2. The van der Waals surface area contributed by atoms with Gasteiger partial charge < -0.3 is 5.11 Å². The molecule has 0 unspecified atom stereocenters. The Morgan fingerprint density at radius 2 is 1.22 bits per heavy atom. The monoisotopic (exact) mass is 442 g/mol. The second-order valence-electron chi connectivity index (χ2n) is 4.46. The van der Waals surface area contributed by atoms with Crippen LogP contribution >= 0.6 is 31.9 Å². The molecule has 0 radical (unpaired) electrons. The summed E-state index contributed by atoms with van der Waals surface area (Å²) in [6, 6.07) is 6.68. The number of nitro benzene ring substituents is 2. The number of nitro groups is 2. The van der Waals surface area contributed by atoms with Crippen molar-refractivity contribution in [3.63, 3.8) is 0 Å². The second kappa shape index (κ2) is 6.88. The zero-order chi connectivity index (χ0) is 17.1. The van der Waals surface area contributed by atoms with E-state index in [0.717, 1.165) is 6.07 Å². The summed E-state index contributed by atoms with van der Waals surface area (Å²) in [6.07, 6.45) is 3.14. The standard InChI is InChI=1S/C14H8Br2N2O5/c15-12-5-9(6-13(16)14(12)19)2-1-8-3-10(17(20)21)7-11(4-8)18(22)23/h1-7,19H/b2-1+. The van der Waals surface area contributed by atoms with E-state index in [-0.39, 0.29) is 17.1 Å². The van der Waals surface area contributed by atoms with Crippen LogP contribution in [0.4, 0.5) is 11.4 Å². The van der Waals surface area contributed by atoms with Crippen molar-refractivity contribution in [2.75, 3.05) is 0 Å². The molecule has 0 heterocycles. The summed E-state index contributed by atoms with van der Waals surface area (Å²) in [7, 11) is 0. The maximum absolute atomic E-state index is 10.8. The predicted octanol–water partition coefficient (Wildman–Crippen LogP) is 4.90. The molecule has 0 atom stereocenters. The van der Waals surface area contributed by atoms with Crippen molar-refractivity contribution in [1.29, 1.82) is 0 Å². The van der Waals surface area contributed by atoms with Gasteiger partial charge in [-0.25, -0.2) is 0 Å². The van der Waals surface area contributed by atoms with Gasteiger partial charge >= 0.3 is 0 Å². The van der Waals surface area contributed by atoms with Gasteiger partial charge in [-0.15, -0.1) is 0 Å². The van der Waals surface area contributed by atoms with Crippen LogP contribution in [0.15, 0.2) is 39.3 Å². The van der Waals surface area contributed by atoms with Gasteiger partial charge in [0.25, 0.3) is 11.4 Å². The van der Waals surface area contributed by atoms with Gasteiger partial charge in [0.1, 0.15) is 5.75 Å². The maximum atomic E-state index is 10.8. The number of hydrogen-bond donors (Lipinski definition) is 1. The number of aromatic hydroxyl groups is 1. The summed E-state index contributed by atoms with van der Waals surface area (Å²) < 4.78 is 0.938. The average Bonchev–Trinajstić information content (AvgIpc) is 2.50. The predicted molar refractivity (Wildman–Crippen MR) is 92.2 cm³/mol. The first-order valence-corrected chi connectivity index (χ1v) is 7.66. The molecule has 0 saturated heterocycles. The molecule has 1 N–H and O–H groups in total. The fourth-order valence-corrected chi connectivity index (χ4v) is 3.02. The first-order chi connectivity index (χ1) is 10.8. The number of nitrogens with zero attached hydrogens (tertiary/aromatic N) is 2. The zero-order valence-corrected chi connectivity index (χ0v) is 14.4. The minimum Gasteiger partial charge on any atom is -0.506 e. The minimum atomic E-state index is -0.682. The molecule has 0 fully saturated rings. The molecular weight excluding hydrogens is 436 g/mol. The van der Waals surface area contributed by atoms with E-state index in [1.165, 1.54) is 18.2 Å². The summed E-state index contributed by atoms with van der Waals surface area (Å²) >= 11 is 6.38. The largest absolute Gasteiger partial charge is 0.506 e. The molecule has 0 bridgehead atoms. The zero-order valence-electron chi connectivity index (χ0n) is 11.3. The molecule has 2 aromatic rings. The molecule has 0 saturated carbocycles. The fraction of sp³-hybridized carbons (Fsp3) is 0. The molecule has 0 amide bonds. The Balaban J connectivity index is 2.43. The SMILES string of the molecule is O=[N+]([O-])c1cc(/C=C/c2cc(Br)c(O)c(Br)c2)cc([N+](=O)[O-])c1. The molecule has 118 valence electrons. The second-order valence-corrected chi connectivity index (χ2v) is 6.17. The number of rotatable bonds is 4. The summed E-state index contributed by atoms with van der Waals surface area (Å²) in [5, 5.41) is 31.3. The first-order valence-electron chi connectivity index (χ1n) is 6.08. The third-order valence-electron chi connectivity index (χ3n) is 2.85. The third-order valence-corrected chi connectivity index (χ3v) is 4.06. The minimum absolute atomic E-state index is 0.0492. The molecule has 0 aromatic heterocycles. The van der Waals surface area contributed by atoms with Crippen molar-refractivity contribution in [3.05, 3.63) is 70.6 Å². The Labute approximate surface area is 146 Å². The van der Waals surface area contributed by atoms with Crippen LogP contribution in [0.2, 0.25) is 0 Å². The molecular formula is C14H8Br2N2O5. The summed E-state index contributed by atoms with van der Waals surface area (Å²) in [5.41, 5.74) is 0.306. The topological polar surface area (TPSA) is 107 Å². The number of phenolic OH excluding ortho intramolecular Hbond substituents is 1. The highest BCUT2D eigenvalue weighted by atomic mass is 79.9. The first kappa shape index (κ1) is 17.1. The average molecular weight is 444 g/mol.